The molecule has 23 heavy (non-hydrogen) atoms. The molecular formula is C14H14BrFN4O3. The van der Waals surface area contributed by atoms with E-state index in [9.17, 15) is 18.8 Å². The van der Waals surface area contributed by atoms with Crippen molar-refractivity contribution in [2.24, 2.45) is 5.73 Å². The lowest BCUT2D eigenvalue weighted by Crippen LogP contribution is -2.65. The van der Waals surface area contributed by atoms with Crippen molar-refractivity contribution in [1.82, 2.24) is 10.2 Å². The van der Waals surface area contributed by atoms with E-state index >= 15 is 0 Å². The van der Waals surface area contributed by atoms with Gasteiger partial charge in [-0.1, -0.05) is 15.9 Å². The minimum atomic E-state index is -0.847. The van der Waals surface area contributed by atoms with Crippen LogP contribution in [0, 0.1) is 5.82 Å². The first kappa shape index (κ1) is 15.7. The van der Waals surface area contributed by atoms with Gasteiger partial charge in [-0.15, -0.1) is 0 Å². The molecule has 0 radical (unpaired) electrons. The summed E-state index contributed by atoms with van der Waals surface area (Å²) >= 11 is 3.21. The minimum Gasteiger partial charge on any atom is -0.367 e. The minimum absolute atomic E-state index is 0.173. The van der Waals surface area contributed by atoms with Crippen LogP contribution in [0.15, 0.2) is 16.6 Å². The van der Waals surface area contributed by atoms with Gasteiger partial charge in [-0.2, -0.15) is 0 Å². The monoisotopic (exact) mass is 384 g/mol. The predicted molar refractivity (Wildman–Crippen MR) is 83.3 cm³/mol. The standard InChI is InChI=1S/C14H14BrFN4O3/c15-7-3-9(16)11(12(17)21)10(4-7)19-1-2-20-8(6-19)5-18-13(22)14(20)23/h3-4,8H,1-2,5-6H2,(H2,17,21)(H,18,22). The fraction of sp³-hybridized carbons (Fsp3) is 0.357. The Morgan fingerprint density at radius 1 is 1.35 bits per heavy atom. The molecule has 1 aromatic rings. The van der Waals surface area contributed by atoms with Crippen LogP contribution in [-0.4, -0.2) is 54.8 Å². The zero-order valence-electron chi connectivity index (χ0n) is 12.0. The highest BCUT2D eigenvalue weighted by Crippen LogP contribution is 2.30. The summed E-state index contributed by atoms with van der Waals surface area (Å²) in [4.78, 5) is 38.1. The lowest BCUT2D eigenvalue weighted by molar-refractivity contribution is -0.150. The molecule has 2 heterocycles. The van der Waals surface area contributed by atoms with Crippen molar-refractivity contribution in [2.75, 3.05) is 31.1 Å². The molecule has 3 amide bonds. The van der Waals surface area contributed by atoms with Gasteiger partial charge >= 0.3 is 11.8 Å². The van der Waals surface area contributed by atoms with E-state index < -0.39 is 23.5 Å². The molecule has 1 atom stereocenters. The van der Waals surface area contributed by atoms with Crippen LogP contribution in [0.3, 0.4) is 0 Å². The van der Waals surface area contributed by atoms with Crippen LogP contribution < -0.4 is 16.0 Å². The largest absolute Gasteiger partial charge is 0.367 e. The summed E-state index contributed by atoms with van der Waals surface area (Å²) in [7, 11) is 0. The Morgan fingerprint density at radius 3 is 2.78 bits per heavy atom. The highest BCUT2D eigenvalue weighted by atomic mass is 79.9. The molecule has 0 bridgehead atoms. The fourth-order valence-corrected chi connectivity index (χ4v) is 3.40. The van der Waals surface area contributed by atoms with E-state index in [1.54, 1.807) is 11.0 Å². The Balaban J connectivity index is 1.91. The quantitative estimate of drug-likeness (QED) is 0.692. The van der Waals surface area contributed by atoms with E-state index in [4.69, 9.17) is 5.73 Å². The number of hydrogen-bond acceptors (Lipinski definition) is 4. The van der Waals surface area contributed by atoms with E-state index in [1.165, 1.54) is 11.0 Å². The van der Waals surface area contributed by atoms with Crippen LogP contribution in [0.2, 0.25) is 0 Å². The molecule has 122 valence electrons. The highest BCUT2D eigenvalue weighted by Gasteiger charge is 2.38. The van der Waals surface area contributed by atoms with Crippen molar-refractivity contribution in [3.63, 3.8) is 0 Å². The first-order valence-electron chi connectivity index (χ1n) is 7.01. The molecule has 0 spiro atoms. The summed E-state index contributed by atoms with van der Waals surface area (Å²) in [6.07, 6.45) is 0. The second-order valence-electron chi connectivity index (χ2n) is 5.45. The summed E-state index contributed by atoms with van der Waals surface area (Å²) in [5.74, 6) is -2.71. The smallest absolute Gasteiger partial charge is 0.312 e. The summed E-state index contributed by atoms with van der Waals surface area (Å²) < 4.78 is 14.6. The topological polar surface area (TPSA) is 95.7 Å². The second kappa shape index (κ2) is 5.80. The number of fused-ring (bicyclic) bond motifs is 1. The number of nitrogens with two attached hydrogens (primary N) is 1. The van der Waals surface area contributed by atoms with Crippen LogP contribution in [0.4, 0.5) is 10.1 Å². The Hall–Kier alpha value is -2.16. The number of benzene rings is 1. The van der Waals surface area contributed by atoms with E-state index in [0.29, 0.717) is 36.3 Å². The number of carbonyl (C=O) groups is 3. The number of rotatable bonds is 2. The summed E-state index contributed by atoms with van der Waals surface area (Å²) in [6.45, 7) is 1.40. The van der Waals surface area contributed by atoms with Crippen LogP contribution in [0.5, 0.6) is 0 Å². The number of piperazine rings is 2. The molecule has 0 aromatic heterocycles. The number of halogens is 2. The average Bonchev–Trinajstić information content (AvgIpc) is 2.49. The highest BCUT2D eigenvalue weighted by molar-refractivity contribution is 9.10. The molecular weight excluding hydrogens is 371 g/mol. The number of anilines is 1. The van der Waals surface area contributed by atoms with Crippen LogP contribution in [0.1, 0.15) is 10.4 Å². The molecule has 2 saturated heterocycles. The molecule has 2 fully saturated rings. The van der Waals surface area contributed by atoms with E-state index in [0.717, 1.165) is 0 Å². The molecule has 0 aliphatic carbocycles. The Morgan fingerprint density at radius 2 is 2.09 bits per heavy atom. The van der Waals surface area contributed by atoms with Crippen LogP contribution >= 0.6 is 15.9 Å². The van der Waals surface area contributed by atoms with Crippen molar-refractivity contribution >= 4 is 39.3 Å². The van der Waals surface area contributed by atoms with E-state index in [-0.39, 0.29) is 11.6 Å². The Labute approximate surface area is 139 Å². The Bertz CT molecular complexity index is 712. The van der Waals surface area contributed by atoms with Crippen molar-refractivity contribution in [2.45, 2.75) is 6.04 Å². The molecule has 7 nitrogen and oxygen atoms in total. The normalized spacial score (nSPS) is 21.0. The number of carbonyl (C=O) groups excluding carboxylic acids is 3. The van der Waals surface area contributed by atoms with Crippen molar-refractivity contribution in [3.05, 3.63) is 28.0 Å². The van der Waals surface area contributed by atoms with Gasteiger partial charge in [0.1, 0.15) is 5.82 Å². The summed E-state index contributed by atoms with van der Waals surface area (Å²) in [6, 6.07) is 2.59. The van der Waals surface area contributed by atoms with Gasteiger partial charge in [0.25, 0.3) is 5.91 Å². The maximum Gasteiger partial charge on any atom is 0.312 e. The van der Waals surface area contributed by atoms with E-state index in [1.807, 2.05) is 0 Å². The van der Waals surface area contributed by atoms with Crippen molar-refractivity contribution in [1.29, 1.82) is 0 Å². The number of amides is 3. The molecule has 3 N–H and O–H groups in total. The van der Waals surface area contributed by atoms with E-state index in [2.05, 4.69) is 21.2 Å². The van der Waals surface area contributed by atoms with Gasteiger partial charge in [-0.25, -0.2) is 4.39 Å². The molecule has 1 unspecified atom stereocenters. The summed E-state index contributed by atoms with van der Waals surface area (Å²) in [5, 5.41) is 2.53. The first-order valence-corrected chi connectivity index (χ1v) is 7.80. The molecule has 1 aromatic carbocycles. The van der Waals surface area contributed by atoms with Gasteiger partial charge in [0.2, 0.25) is 0 Å². The molecule has 9 heteroatoms. The lowest BCUT2D eigenvalue weighted by Gasteiger charge is -2.44. The van der Waals surface area contributed by atoms with Gasteiger partial charge in [0.15, 0.2) is 0 Å². The SMILES string of the molecule is NC(=O)c1c(F)cc(Br)cc1N1CCN2C(=O)C(=O)NCC2C1. The Kier molecular flexibility index (Phi) is 3.97. The van der Waals surface area contributed by atoms with Gasteiger partial charge in [0.05, 0.1) is 17.3 Å². The lowest BCUT2D eigenvalue weighted by atomic mass is 10.1. The number of nitrogens with zero attached hydrogens (tertiary/aromatic N) is 2. The average molecular weight is 385 g/mol. The maximum absolute atomic E-state index is 14.1. The third-order valence-corrected chi connectivity index (χ3v) is 4.52. The second-order valence-corrected chi connectivity index (χ2v) is 6.37. The van der Waals surface area contributed by atoms with Crippen molar-refractivity contribution < 1.29 is 18.8 Å². The zero-order valence-corrected chi connectivity index (χ0v) is 13.6. The van der Waals surface area contributed by atoms with Gasteiger partial charge < -0.3 is 20.9 Å². The molecule has 0 saturated carbocycles. The fourth-order valence-electron chi connectivity index (χ4n) is 2.99. The molecule has 3 rings (SSSR count). The number of hydrogen-bond donors (Lipinski definition) is 2. The zero-order chi connectivity index (χ0) is 16.7. The van der Waals surface area contributed by atoms with Gasteiger partial charge in [-0.05, 0) is 12.1 Å². The molecule has 2 aliphatic heterocycles. The summed E-state index contributed by atoms with van der Waals surface area (Å²) in [5.41, 5.74) is 5.51. The van der Waals surface area contributed by atoms with Crippen LogP contribution in [-0.2, 0) is 9.59 Å². The van der Waals surface area contributed by atoms with Gasteiger partial charge in [0, 0.05) is 30.7 Å². The third-order valence-electron chi connectivity index (χ3n) is 4.06. The predicted octanol–water partition coefficient (Wildman–Crippen LogP) is -0.166. The molecule has 2 aliphatic rings. The third kappa shape index (κ3) is 2.76. The first-order chi connectivity index (χ1) is 10.9. The number of primary amides is 1. The maximum atomic E-state index is 14.1. The number of nitrogens with one attached hydrogen (secondary N) is 1. The van der Waals surface area contributed by atoms with Crippen molar-refractivity contribution in [3.8, 4) is 0 Å². The van der Waals surface area contributed by atoms with Gasteiger partial charge in [-0.3, -0.25) is 14.4 Å². The van der Waals surface area contributed by atoms with Crippen LogP contribution in [0.25, 0.3) is 0 Å².